The van der Waals surface area contributed by atoms with Gasteiger partial charge in [-0.25, -0.2) is 4.68 Å². The van der Waals surface area contributed by atoms with Gasteiger partial charge in [-0.1, -0.05) is 23.7 Å². The Labute approximate surface area is 178 Å². The fourth-order valence-corrected chi connectivity index (χ4v) is 4.67. The molecule has 5 nitrogen and oxygen atoms in total. The maximum absolute atomic E-state index is 13.9. The Kier molecular flexibility index (Phi) is 5.46. The zero-order valence-electron chi connectivity index (χ0n) is 16.8. The quantitative estimate of drug-likeness (QED) is 0.661. The molecule has 1 aromatic carbocycles. The van der Waals surface area contributed by atoms with Crippen LogP contribution in [-0.4, -0.2) is 38.8 Å². The minimum Gasteiger partial charge on any atom is -0.363 e. The number of carbonyl (C=O) groups is 1. The maximum Gasteiger partial charge on any atom is 0.410 e. The van der Waals surface area contributed by atoms with Crippen molar-refractivity contribution in [3.8, 4) is 0 Å². The fourth-order valence-electron chi connectivity index (χ4n) is 4.55. The molecule has 1 fully saturated rings. The summed E-state index contributed by atoms with van der Waals surface area (Å²) in [6, 6.07) is 5.87. The molecular formula is C21H24ClF3N4O. The Bertz CT molecular complexity index is 917. The monoisotopic (exact) mass is 440 g/mol. The Balaban J connectivity index is 1.68. The second-order valence-electron chi connectivity index (χ2n) is 8.24. The van der Waals surface area contributed by atoms with E-state index in [1.165, 1.54) is 6.07 Å². The van der Waals surface area contributed by atoms with Crippen molar-refractivity contribution in [2.75, 3.05) is 5.32 Å². The van der Waals surface area contributed by atoms with Crippen molar-refractivity contribution in [2.45, 2.75) is 69.9 Å². The number of rotatable bonds is 2. The van der Waals surface area contributed by atoms with E-state index in [9.17, 15) is 18.0 Å². The van der Waals surface area contributed by atoms with Gasteiger partial charge < -0.3 is 10.2 Å². The zero-order valence-corrected chi connectivity index (χ0v) is 17.5. The smallest absolute Gasteiger partial charge is 0.363 e. The highest BCUT2D eigenvalue weighted by Crippen LogP contribution is 2.44. The van der Waals surface area contributed by atoms with Gasteiger partial charge in [0, 0.05) is 29.6 Å². The molecule has 162 valence electrons. The lowest BCUT2D eigenvalue weighted by molar-refractivity contribution is -0.173. The van der Waals surface area contributed by atoms with Crippen molar-refractivity contribution in [3.63, 3.8) is 0 Å². The number of nitrogens with one attached hydrogen (secondary N) is 1. The van der Waals surface area contributed by atoms with Crippen LogP contribution < -0.4 is 5.32 Å². The number of anilines is 1. The molecule has 0 bridgehead atoms. The minimum atomic E-state index is -4.49. The number of carbonyl (C=O) groups excluding carboxylic acids is 1. The topological polar surface area (TPSA) is 50.2 Å². The van der Waals surface area contributed by atoms with Crippen molar-refractivity contribution in [3.05, 3.63) is 46.6 Å². The van der Waals surface area contributed by atoms with Crippen LogP contribution >= 0.6 is 11.6 Å². The van der Waals surface area contributed by atoms with Crippen molar-refractivity contribution >= 4 is 23.3 Å². The number of halogens is 4. The molecule has 1 amide bonds. The van der Waals surface area contributed by atoms with E-state index in [1.54, 1.807) is 29.2 Å². The number of alkyl halides is 3. The molecule has 0 saturated carbocycles. The first-order valence-corrected chi connectivity index (χ1v) is 10.5. The van der Waals surface area contributed by atoms with Crippen molar-refractivity contribution in [1.82, 2.24) is 14.7 Å². The predicted molar refractivity (Wildman–Crippen MR) is 109 cm³/mol. The minimum absolute atomic E-state index is 0.0353. The Hall–Kier alpha value is -2.22. The summed E-state index contributed by atoms with van der Waals surface area (Å²) >= 11 is 5.91. The van der Waals surface area contributed by atoms with Crippen LogP contribution in [-0.2, 0) is 0 Å². The van der Waals surface area contributed by atoms with Crippen LogP contribution in [0, 0.1) is 0 Å². The largest absolute Gasteiger partial charge is 0.410 e. The summed E-state index contributed by atoms with van der Waals surface area (Å²) in [4.78, 5) is 14.9. The van der Waals surface area contributed by atoms with Crippen LogP contribution in [0.3, 0.4) is 0 Å². The number of aromatic nitrogens is 2. The molecule has 1 aromatic heterocycles. The van der Waals surface area contributed by atoms with Crippen LogP contribution in [0.1, 0.15) is 67.7 Å². The molecule has 0 unspecified atom stereocenters. The molecule has 2 aliphatic heterocycles. The van der Waals surface area contributed by atoms with Gasteiger partial charge >= 0.3 is 6.18 Å². The van der Waals surface area contributed by atoms with Crippen LogP contribution in [0.25, 0.3) is 0 Å². The lowest BCUT2D eigenvalue weighted by Crippen LogP contribution is -2.47. The van der Waals surface area contributed by atoms with Crippen molar-refractivity contribution in [1.29, 1.82) is 0 Å². The first-order valence-electron chi connectivity index (χ1n) is 10.2. The summed E-state index contributed by atoms with van der Waals surface area (Å²) in [6.45, 7) is 3.94. The lowest BCUT2D eigenvalue weighted by Gasteiger charge is -2.38. The molecule has 0 aliphatic carbocycles. The summed E-state index contributed by atoms with van der Waals surface area (Å²) < 4.78 is 42.5. The molecule has 4 rings (SSSR count). The van der Waals surface area contributed by atoms with Crippen molar-refractivity contribution in [2.24, 2.45) is 0 Å². The summed E-state index contributed by atoms with van der Waals surface area (Å²) in [7, 11) is 0. The molecule has 30 heavy (non-hydrogen) atoms. The number of likely N-dealkylation sites (tertiary alicyclic amines) is 1. The van der Waals surface area contributed by atoms with Gasteiger partial charge in [0.15, 0.2) is 11.7 Å². The third-order valence-corrected chi connectivity index (χ3v) is 6.36. The van der Waals surface area contributed by atoms with Gasteiger partial charge in [-0.3, -0.25) is 4.79 Å². The summed E-state index contributed by atoms with van der Waals surface area (Å²) in [5, 5.41) is 7.75. The van der Waals surface area contributed by atoms with E-state index in [0.29, 0.717) is 10.6 Å². The van der Waals surface area contributed by atoms with E-state index in [0.717, 1.165) is 23.9 Å². The molecule has 0 radical (unpaired) electrons. The first-order chi connectivity index (χ1) is 14.1. The molecule has 1 saturated heterocycles. The number of fused-ring (bicyclic) bond motifs is 1. The maximum atomic E-state index is 13.9. The highest BCUT2D eigenvalue weighted by atomic mass is 35.5. The van der Waals surface area contributed by atoms with Gasteiger partial charge in [-0.2, -0.15) is 18.3 Å². The van der Waals surface area contributed by atoms with Gasteiger partial charge in [0.2, 0.25) is 0 Å². The molecule has 9 heteroatoms. The lowest BCUT2D eigenvalue weighted by atomic mass is 9.97. The number of benzene rings is 1. The van der Waals surface area contributed by atoms with Gasteiger partial charge in [0.05, 0.1) is 6.04 Å². The van der Waals surface area contributed by atoms with Gasteiger partial charge in [0.1, 0.15) is 5.82 Å². The van der Waals surface area contributed by atoms with Crippen LogP contribution in [0.5, 0.6) is 0 Å². The van der Waals surface area contributed by atoms with E-state index < -0.39 is 18.3 Å². The van der Waals surface area contributed by atoms with Crippen LogP contribution in [0.15, 0.2) is 30.3 Å². The molecular weight excluding hydrogens is 417 g/mol. The second-order valence-corrected chi connectivity index (χ2v) is 8.68. The standard InChI is InChI=1S/C21H24ClF3N4O/c1-12-4-3-5-13(2)28(12)20(30)17-11-19-26-16(14-6-8-15(22)9-7-14)10-18(21(23,24)25)29(19)27-17/h6-9,11-13,16,18,26H,3-5,10H2,1-2H3/t12-,13+,16-,18-/m0/s1. The van der Waals surface area contributed by atoms with E-state index in [1.807, 2.05) is 13.8 Å². The fraction of sp³-hybridized carbons (Fsp3) is 0.524. The van der Waals surface area contributed by atoms with Gasteiger partial charge in [0.25, 0.3) is 5.91 Å². The van der Waals surface area contributed by atoms with E-state index in [-0.39, 0.29) is 35.9 Å². The number of hydrogen-bond acceptors (Lipinski definition) is 3. The summed E-state index contributed by atoms with van der Waals surface area (Å²) in [6.07, 6.45) is -1.91. The van der Waals surface area contributed by atoms with Crippen LogP contribution in [0.4, 0.5) is 19.0 Å². The second kappa shape index (κ2) is 7.80. The first kappa shape index (κ1) is 21.0. The highest BCUT2D eigenvalue weighted by Gasteiger charge is 2.47. The van der Waals surface area contributed by atoms with E-state index in [2.05, 4.69) is 10.4 Å². The third-order valence-electron chi connectivity index (χ3n) is 6.11. The van der Waals surface area contributed by atoms with Gasteiger partial charge in [-0.15, -0.1) is 0 Å². The zero-order chi connectivity index (χ0) is 21.6. The Morgan fingerprint density at radius 3 is 2.40 bits per heavy atom. The number of piperidine rings is 1. The molecule has 3 heterocycles. The molecule has 1 N–H and O–H groups in total. The summed E-state index contributed by atoms with van der Waals surface area (Å²) in [5.41, 5.74) is 0.747. The van der Waals surface area contributed by atoms with Crippen LogP contribution in [0.2, 0.25) is 5.02 Å². The third kappa shape index (κ3) is 3.89. The molecule has 2 aromatic rings. The highest BCUT2D eigenvalue weighted by molar-refractivity contribution is 6.30. The molecule has 0 spiro atoms. The Morgan fingerprint density at radius 2 is 1.80 bits per heavy atom. The molecule has 2 aliphatic rings. The number of amides is 1. The van der Waals surface area contributed by atoms with Gasteiger partial charge in [-0.05, 0) is 50.8 Å². The normalized spacial score (nSPS) is 26.8. The summed E-state index contributed by atoms with van der Waals surface area (Å²) in [5.74, 6) is -0.119. The number of hydrogen-bond donors (Lipinski definition) is 1. The van der Waals surface area contributed by atoms with Crippen molar-refractivity contribution < 1.29 is 18.0 Å². The SMILES string of the molecule is C[C@@H]1CCC[C@H](C)N1C(=O)c1cc2n(n1)[C@H](C(F)(F)F)C[C@@H](c1ccc(Cl)cc1)N2. The Morgan fingerprint density at radius 1 is 1.17 bits per heavy atom. The van der Waals surface area contributed by atoms with E-state index >= 15 is 0 Å². The number of nitrogens with zero attached hydrogens (tertiary/aromatic N) is 3. The molecule has 4 atom stereocenters. The predicted octanol–water partition coefficient (Wildman–Crippen LogP) is 5.60. The van der Waals surface area contributed by atoms with E-state index in [4.69, 9.17) is 11.6 Å². The average molecular weight is 441 g/mol. The average Bonchev–Trinajstić information content (AvgIpc) is 3.11.